The van der Waals surface area contributed by atoms with Crippen molar-refractivity contribution in [1.82, 2.24) is 24.9 Å². The number of carbonyl (C=O) groups is 1. The SMILES string of the molecule is Cc1cc(-c2cc3c(nnn3C)c(C#N)n2)ccc1OCCC1CCN(CC(N)=O)CC1. The van der Waals surface area contributed by atoms with Crippen molar-refractivity contribution >= 4 is 16.9 Å². The number of carbonyl (C=O) groups excluding carboxylic acids is 1. The van der Waals surface area contributed by atoms with E-state index in [1.165, 1.54) is 0 Å². The summed E-state index contributed by atoms with van der Waals surface area (Å²) in [6, 6.07) is 9.96. The summed E-state index contributed by atoms with van der Waals surface area (Å²) < 4.78 is 7.70. The molecule has 0 aliphatic carbocycles. The maximum absolute atomic E-state index is 11.1. The maximum Gasteiger partial charge on any atom is 0.231 e. The lowest BCUT2D eigenvalue weighted by molar-refractivity contribution is -0.119. The van der Waals surface area contributed by atoms with Crippen molar-refractivity contribution in [1.29, 1.82) is 5.26 Å². The Morgan fingerprint density at radius 3 is 2.78 bits per heavy atom. The number of fused-ring (bicyclic) bond motifs is 1. The third-order valence-corrected chi connectivity index (χ3v) is 6.05. The Morgan fingerprint density at radius 1 is 1.31 bits per heavy atom. The molecular formula is C23H27N7O2. The molecule has 3 heterocycles. The van der Waals surface area contributed by atoms with Crippen LogP contribution in [0.2, 0.25) is 0 Å². The molecule has 1 amide bonds. The maximum atomic E-state index is 11.1. The summed E-state index contributed by atoms with van der Waals surface area (Å²) in [4.78, 5) is 17.6. The minimum atomic E-state index is -0.262. The topological polar surface area (TPSA) is 123 Å². The highest BCUT2D eigenvalue weighted by atomic mass is 16.5. The standard InChI is InChI=1S/C23H27N7O2/c1-15-11-17(18-12-20-23(19(13-24)26-18)27-28-29(20)2)3-4-21(15)32-10-7-16-5-8-30(9-6-16)14-22(25)31/h3-4,11-12,16H,5-10,14H2,1-2H3,(H2,25,31). The number of primary amides is 1. The van der Waals surface area contributed by atoms with E-state index in [9.17, 15) is 10.1 Å². The zero-order chi connectivity index (χ0) is 22.7. The lowest BCUT2D eigenvalue weighted by Gasteiger charge is -2.31. The molecule has 1 fully saturated rings. The number of amides is 1. The van der Waals surface area contributed by atoms with Crippen molar-refractivity contribution in [3.8, 4) is 23.1 Å². The lowest BCUT2D eigenvalue weighted by atomic mass is 9.94. The molecule has 3 aromatic rings. The fraction of sp³-hybridized carbons (Fsp3) is 0.435. The van der Waals surface area contributed by atoms with Crippen LogP contribution in [0.4, 0.5) is 0 Å². The van der Waals surface area contributed by atoms with Gasteiger partial charge in [0.25, 0.3) is 0 Å². The van der Waals surface area contributed by atoms with Crippen molar-refractivity contribution < 1.29 is 9.53 Å². The Bertz CT molecular complexity index is 1170. The number of aryl methyl sites for hydroxylation is 2. The molecule has 32 heavy (non-hydrogen) atoms. The van der Waals surface area contributed by atoms with Crippen molar-refractivity contribution in [2.45, 2.75) is 26.2 Å². The number of benzene rings is 1. The molecule has 1 saturated heterocycles. The Morgan fingerprint density at radius 2 is 2.09 bits per heavy atom. The molecule has 9 heteroatoms. The number of nitrogens with two attached hydrogens (primary N) is 1. The van der Waals surface area contributed by atoms with Gasteiger partial charge in [-0.2, -0.15) is 5.26 Å². The fourth-order valence-electron chi connectivity index (χ4n) is 4.22. The molecule has 0 unspecified atom stereocenters. The van der Waals surface area contributed by atoms with Crippen LogP contribution in [0.1, 0.15) is 30.5 Å². The number of piperidine rings is 1. The van der Waals surface area contributed by atoms with Crippen LogP contribution in [0, 0.1) is 24.2 Å². The number of pyridine rings is 1. The molecule has 1 aliphatic heterocycles. The third kappa shape index (κ3) is 4.70. The van der Waals surface area contributed by atoms with E-state index in [1.807, 2.05) is 31.2 Å². The van der Waals surface area contributed by atoms with Gasteiger partial charge in [-0.1, -0.05) is 5.21 Å². The normalized spacial score (nSPS) is 15.0. The molecule has 1 aromatic carbocycles. The number of likely N-dealkylation sites (tertiary alicyclic amines) is 1. The third-order valence-electron chi connectivity index (χ3n) is 6.05. The molecule has 4 rings (SSSR count). The number of rotatable bonds is 7. The van der Waals surface area contributed by atoms with E-state index in [1.54, 1.807) is 11.7 Å². The van der Waals surface area contributed by atoms with Gasteiger partial charge in [0.1, 0.15) is 17.3 Å². The highest BCUT2D eigenvalue weighted by Gasteiger charge is 2.20. The van der Waals surface area contributed by atoms with Crippen molar-refractivity contribution in [2.75, 3.05) is 26.2 Å². The second-order valence-corrected chi connectivity index (χ2v) is 8.35. The van der Waals surface area contributed by atoms with E-state index in [4.69, 9.17) is 10.5 Å². The van der Waals surface area contributed by atoms with E-state index in [-0.39, 0.29) is 11.6 Å². The van der Waals surface area contributed by atoms with Gasteiger partial charge in [-0.05, 0) is 75.0 Å². The zero-order valence-corrected chi connectivity index (χ0v) is 18.4. The molecule has 0 bridgehead atoms. The lowest BCUT2D eigenvalue weighted by Crippen LogP contribution is -2.39. The first-order valence-electron chi connectivity index (χ1n) is 10.8. The van der Waals surface area contributed by atoms with E-state index in [0.717, 1.165) is 54.7 Å². The monoisotopic (exact) mass is 433 g/mol. The van der Waals surface area contributed by atoms with Crippen LogP contribution < -0.4 is 10.5 Å². The predicted molar refractivity (Wildman–Crippen MR) is 120 cm³/mol. The highest BCUT2D eigenvalue weighted by Crippen LogP contribution is 2.28. The first kappa shape index (κ1) is 21.7. The van der Waals surface area contributed by atoms with Crippen LogP contribution in [0.15, 0.2) is 24.3 Å². The Hall–Kier alpha value is -3.51. The predicted octanol–water partition coefficient (Wildman–Crippen LogP) is 2.18. The summed E-state index contributed by atoms with van der Waals surface area (Å²) >= 11 is 0. The van der Waals surface area contributed by atoms with E-state index < -0.39 is 0 Å². The van der Waals surface area contributed by atoms with Crippen LogP contribution in [0.25, 0.3) is 22.3 Å². The summed E-state index contributed by atoms with van der Waals surface area (Å²) in [5.41, 5.74) is 9.46. The van der Waals surface area contributed by atoms with Gasteiger partial charge in [-0.3, -0.25) is 9.69 Å². The second kappa shape index (κ2) is 9.32. The number of hydrogen-bond acceptors (Lipinski definition) is 7. The van der Waals surface area contributed by atoms with Crippen molar-refractivity contribution in [3.63, 3.8) is 0 Å². The van der Waals surface area contributed by atoms with Crippen LogP contribution in [-0.4, -0.2) is 57.0 Å². The first-order chi connectivity index (χ1) is 15.4. The molecule has 166 valence electrons. The van der Waals surface area contributed by atoms with E-state index >= 15 is 0 Å². The summed E-state index contributed by atoms with van der Waals surface area (Å²) in [6.07, 6.45) is 3.11. The van der Waals surface area contributed by atoms with Crippen LogP contribution in [-0.2, 0) is 11.8 Å². The molecular weight excluding hydrogens is 406 g/mol. The molecule has 1 aliphatic rings. The molecule has 2 aromatic heterocycles. The highest BCUT2D eigenvalue weighted by molar-refractivity contribution is 5.83. The summed E-state index contributed by atoms with van der Waals surface area (Å²) in [5, 5.41) is 17.5. The van der Waals surface area contributed by atoms with Gasteiger partial charge in [0.15, 0.2) is 5.69 Å². The fourth-order valence-corrected chi connectivity index (χ4v) is 4.22. The Balaban J connectivity index is 1.38. The van der Waals surface area contributed by atoms with Gasteiger partial charge in [-0.25, -0.2) is 9.67 Å². The van der Waals surface area contributed by atoms with Gasteiger partial charge >= 0.3 is 0 Å². The van der Waals surface area contributed by atoms with Gasteiger partial charge < -0.3 is 10.5 Å². The first-order valence-corrected chi connectivity index (χ1v) is 10.8. The molecule has 2 N–H and O–H groups in total. The average Bonchev–Trinajstić information content (AvgIpc) is 3.16. The number of hydrogen-bond donors (Lipinski definition) is 1. The van der Waals surface area contributed by atoms with Crippen molar-refractivity contribution in [3.05, 3.63) is 35.5 Å². The van der Waals surface area contributed by atoms with Gasteiger partial charge in [0.05, 0.1) is 24.4 Å². The van der Waals surface area contributed by atoms with Gasteiger partial charge in [0.2, 0.25) is 5.91 Å². The quantitative estimate of drug-likeness (QED) is 0.606. The second-order valence-electron chi connectivity index (χ2n) is 8.35. The van der Waals surface area contributed by atoms with E-state index in [0.29, 0.717) is 30.3 Å². The number of nitrogens with zero attached hydrogens (tertiary/aromatic N) is 6. The molecule has 0 spiro atoms. The van der Waals surface area contributed by atoms with Crippen LogP contribution in [0.3, 0.4) is 0 Å². The average molecular weight is 434 g/mol. The minimum Gasteiger partial charge on any atom is -0.493 e. The van der Waals surface area contributed by atoms with Crippen molar-refractivity contribution in [2.24, 2.45) is 18.7 Å². The number of nitriles is 1. The smallest absolute Gasteiger partial charge is 0.231 e. The zero-order valence-electron chi connectivity index (χ0n) is 18.4. The Labute approximate surface area is 186 Å². The minimum absolute atomic E-state index is 0.262. The van der Waals surface area contributed by atoms with E-state index in [2.05, 4.69) is 26.3 Å². The summed E-state index contributed by atoms with van der Waals surface area (Å²) in [7, 11) is 1.80. The summed E-state index contributed by atoms with van der Waals surface area (Å²) in [6.45, 7) is 4.84. The van der Waals surface area contributed by atoms with Crippen LogP contribution >= 0.6 is 0 Å². The van der Waals surface area contributed by atoms with Gasteiger partial charge in [0, 0.05) is 12.6 Å². The molecule has 0 atom stereocenters. The molecule has 9 nitrogen and oxygen atoms in total. The number of aromatic nitrogens is 4. The Kier molecular flexibility index (Phi) is 6.32. The molecule has 0 saturated carbocycles. The number of ether oxygens (including phenoxy) is 1. The van der Waals surface area contributed by atoms with Gasteiger partial charge in [-0.15, -0.1) is 5.10 Å². The van der Waals surface area contributed by atoms with Crippen LogP contribution in [0.5, 0.6) is 5.75 Å². The largest absolute Gasteiger partial charge is 0.493 e. The molecule has 0 radical (unpaired) electrons. The summed E-state index contributed by atoms with van der Waals surface area (Å²) in [5.74, 6) is 1.19.